The Kier molecular flexibility index (Phi) is 4.49. The van der Waals surface area contributed by atoms with Gasteiger partial charge in [-0.3, -0.25) is 14.3 Å². The first-order valence-corrected chi connectivity index (χ1v) is 9.89. The smallest absolute Gasteiger partial charge is 0.242 e. The van der Waals surface area contributed by atoms with Crippen molar-refractivity contribution in [3.63, 3.8) is 0 Å². The number of nitrogens with one attached hydrogen (secondary N) is 1. The van der Waals surface area contributed by atoms with Crippen molar-refractivity contribution in [1.82, 2.24) is 9.62 Å². The number of hydrogen-bond donors (Lipinski definition) is 2. The highest BCUT2D eigenvalue weighted by atomic mass is 32.2. The Morgan fingerprint density at radius 3 is 2.60 bits per heavy atom. The molecule has 0 radical (unpaired) electrons. The fourth-order valence-electron chi connectivity index (χ4n) is 3.28. The zero-order valence-electron chi connectivity index (χ0n) is 14.3. The van der Waals surface area contributed by atoms with Crippen LogP contribution >= 0.6 is 0 Å². The molecule has 2 amide bonds. The van der Waals surface area contributed by atoms with Crippen molar-refractivity contribution in [1.29, 1.82) is 0 Å². The van der Waals surface area contributed by atoms with Crippen LogP contribution in [0.5, 0.6) is 5.75 Å². The van der Waals surface area contributed by atoms with Crippen molar-refractivity contribution in [2.24, 2.45) is 5.92 Å². The van der Waals surface area contributed by atoms with E-state index in [4.69, 9.17) is 0 Å². The molecule has 1 saturated heterocycles. The molecule has 0 spiro atoms. The second kappa shape index (κ2) is 6.33. The van der Waals surface area contributed by atoms with Crippen LogP contribution in [0.15, 0.2) is 12.1 Å². The molecule has 0 aliphatic carbocycles. The molecule has 2 aliphatic heterocycles. The van der Waals surface area contributed by atoms with E-state index < -0.39 is 21.2 Å². The molecule has 3 rings (SSSR count). The molecule has 25 heavy (non-hydrogen) atoms. The lowest BCUT2D eigenvalue weighted by atomic mass is 9.94. The number of sulfonamides is 1. The summed E-state index contributed by atoms with van der Waals surface area (Å²) in [6.07, 6.45) is 0.877. The number of benzene rings is 1. The molecule has 2 heterocycles. The lowest BCUT2D eigenvalue weighted by molar-refractivity contribution is -0.132. The molecule has 0 bridgehead atoms. The van der Waals surface area contributed by atoms with E-state index in [-0.39, 0.29) is 30.1 Å². The fourth-order valence-corrected chi connectivity index (χ4v) is 4.71. The van der Waals surface area contributed by atoms with Gasteiger partial charge in [0.15, 0.2) is 0 Å². The van der Waals surface area contributed by atoms with Gasteiger partial charge in [-0.05, 0) is 35.6 Å². The van der Waals surface area contributed by atoms with Crippen LogP contribution in [0, 0.1) is 5.92 Å². The van der Waals surface area contributed by atoms with Crippen molar-refractivity contribution in [2.45, 2.75) is 44.9 Å². The van der Waals surface area contributed by atoms with Gasteiger partial charge in [0, 0.05) is 18.7 Å². The maximum Gasteiger partial charge on any atom is 0.242 e. The third kappa shape index (κ3) is 3.49. The highest BCUT2D eigenvalue weighted by molar-refractivity contribution is 7.90. The molecule has 136 valence electrons. The van der Waals surface area contributed by atoms with E-state index in [0.717, 1.165) is 12.0 Å². The molecule has 1 fully saturated rings. The number of phenolic OH excluding ortho intramolecular Hbond substituents is 1. The number of amides is 2. The topological polar surface area (TPSA) is 104 Å². The number of carbonyl (C=O) groups is 2. The number of rotatable bonds is 4. The van der Waals surface area contributed by atoms with E-state index in [2.05, 4.69) is 13.8 Å². The molecule has 0 saturated carbocycles. The van der Waals surface area contributed by atoms with Crippen LogP contribution in [0.25, 0.3) is 0 Å². The highest BCUT2D eigenvalue weighted by Gasteiger charge is 2.40. The molecule has 8 heteroatoms. The van der Waals surface area contributed by atoms with Crippen LogP contribution < -0.4 is 4.72 Å². The Morgan fingerprint density at radius 2 is 2.00 bits per heavy atom. The average Bonchev–Trinajstić information content (AvgIpc) is 2.77. The first kappa shape index (κ1) is 17.7. The van der Waals surface area contributed by atoms with Crippen LogP contribution in [-0.4, -0.2) is 36.8 Å². The predicted octanol–water partition coefficient (Wildman–Crippen LogP) is 1.21. The Morgan fingerprint density at radius 1 is 1.28 bits per heavy atom. The summed E-state index contributed by atoms with van der Waals surface area (Å²) in [7, 11) is -3.82. The van der Waals surface area contributed by atoms with Crippen molar-refractivity contribution < 1.29 is 23.1 Å². The van der Waals surface area contributed by atoms with Crippen molar-refractivity contribution in [3.05, 3.63) is 28.8 Å². The minimum absolute atomic E-state index is 0.00522. The van der Waals surface area contributed by atoms with E-state index in [9.17, 15) is 23.1 Å². The fraction of sp³-hybridized carbons (Fsp3) is 0.529. The summed E-state index contributed by atoms with van der Waals surface area (Å²) in [4.78, 5) is 25.5. The normalized spacial score (nSPS) is 22.2. The predicted molar refractivity (Wildman–Crippen MR) is 91.1 cm³/mol. The Hall–Kier alpha value is -2.09. The molecular weight excluding hydrogens is 344 g/mol. The summed E-state index contributed by atoms with van der Waals surface area (Å²) in [5, 5.41) is 9.15. The van der Waals surface area contributed by atoms with Crippen LogP contribution in [0.3, 0.4) is 0 Å². The Labute approximate surface area is 147 Å². The van der Waals surface area contributed by atoms with Crippen LogP contribution in [0.2, 0.25) is 0 Å². The first-order chi connectivity index (χ1) is 11.7. The SMILES string of the molecule is CC(C)CCN1Cc2cc(C3CC(=O)NS3(=O)=O)c(O)cc2CC1=O. The quantitative estimate of drug-likeness (QED) is 0.834. The van der Waals surface area contributed by atoms with Gasteiger partial charge >= 0.3 is 0 Å². The van der Waals surface area contributed by atoms with Gasteiger partial charge < -0.3 is 10.0 Å². The van der Waals surface area contributed by atoms with Gasteiger partial charge in [-0.25, -0.2) is 8.42 Å². The van der Waals surface area contributed by atoms with Gasteiger partial charge in [-0.2, -0.15) is 0 Å². The molecule has 7 nitrogen and oxygen atoms in total. The van der Waals surface area contributed by atoms with E-state index in [0.29, 0.717) is 24.6 Å². The summed E-state index contributed by atoms with van der Waals surface area (Å²) in [6.45, 7) is 5.22. The lowest BCUT2D eigenvalue weighted by Crippen LogP contribution is -2.37. The van der Waals surface area contributed by atoms with Crippen molar-refractivity contribution >= 4 is 21.8 Å². The Bertz CT molecular complexity index is 832. The molecule has 1 aromatic rings. The summed E-state index contributed by atoms with van der Waals surface area (Å²) in [5.74, 6) is -0.279. The molecule has 0 aromatic heterocycles. The zero-order chi connectivity index (χ0) is 18.4. The minimum Gasteiger partial charge on any atom is -0.508 e. The number of phenols is 1. The molecule has 1 aromatic carbocycles. The van der Waals surface area contributed by atoms with E-state index >= 15 is 0 Å². The van der Waals surface area contributed by atoms with Gasteiger partial charge in [0.05, 0.1) is 12.8 Å². The second-order valence-electron chi connectivity index (χ2n) is 7.12. The molecule has 2 N–H and O–H groups in total. The first-order valence-electron chi connectivity index (χ1n) is 8.34. The number of carbonyl (C=O) groups excluding carboxylic acids is 2. The third-order valence-electron chi connectivity index (χ3n) is 4.73. The van der Waals surface area contributed by atoms with Crippen LogP contribution in [0.4, 0.5) is 0 Å². The van der Waals surface area contributed by atoms with Gasteiger partial charge in [0.25, 0.3) is 0 Å². The summed E-state index contributed by atoms with van der Waals surface area (Å²) < 4.78 is 26.1. The average molecular weight is 366 g/mol. The van der Waals surface area contributed by atoms with E-state index in [1.807, 2.05) is 4.72 Å². The zero-order valence-corrected chi connectivity index (χ0v) is 15.1. The maximum atomic E-state index is 12.3. The van der Waals surface area contributed by atoms with Gasteiger partial charge in [0.1, 0.15) is 11.0 Å². The third-order valence-corrected chi connectivity index (χ3v) is 6.41. The summed E-state index contributed by atoms with van der Waals surface area (Å²) >= 11 is 0. The molecular formula is C17H22N2O5S. The van der Waals surface area contributed by atoms with Gasteiger partial charge in [-0.1, -0.05) is 13.8 Å². The standard InChI is InChI=1S/C17H22N2O5S/c1-10(2)3-4-19-9-12-5-13(14(20)6-11(12)7-17(19)22)15-8-16(21)18-25(15,23)24/h5-6,10,15,20H,3-4,7-9H2,1-2H3,(H,18,21). The Balaban J connectivity index is 1.92. The minimum atomic E-state index is -3.82. The number of hydrogen-bond acceptors (Lipinski definition) is 5. The second-order valence-corrected chi connectivity index (χ2v) is 8.98. The number of aromatic hydroxyl groups is 1. The van der Waals surface area contributed by atoms with Gasteiger partial charge in [-0.15, -0.1) is 0 Å². The van der Waals surface area contributed by atoms with Gasteiger partial charge in [0.2, 0.25) is 21.8 Å². The monoisotopic (exact) mass is 366 g/mol. The largest absolute Gasteiger partial charge is 0.508 e. The van der Waals surface area contributed by atoms with Crippen LogP contribution in [-0.2, 0) is 32.6 Å². The van der Waals surface area contributed by atoms with Crippen molar-refractivity contribution in [3.8, 4) is 5.75 Å². The number of fused-ring (bicyclic) bond motifs is 1. The van der Waals surface area contributed by atoms with E-state index in [1.165, 1.54) is 6.07 Å². The lowest BCUT2D eigenvalue weighted by Gasteiger charge is -2.30. The van der Waals surface area contributed by atoms with Crippen LogP contribution in [0.1, 0.15) is 48.6 Å². The molecule has 1 unspecified atom stereocenters. The summed E-state index contributed by atoms with van der Waals surface area (Å²) in [6, 6.07) is 3.09. The number of nitrogens with zero attached hydrogens (tertiary/aromatic N) is 1. The highest BCUT2D eigenvalue weighted by Crippen LogP contribution is 2.38. The molecule has 1 atom stereocenters. The molecule has 2 aliphatic rings. The maximum absolute atomic E-state index is 12.3. The van der Waals surface area contributed by atoms with Crippen molar-refractivity contribution in [2.75, 3.05) is 6.54 Å². The summed E-state index contributed by atoms with van der Waals surface area (Å²) in [5.41, 5.74) is 1.75. The van der Waals surface area contributed by atoms with E-state index in [1.54, 1.807) is 11.0 Å².